The molecule has 0 aromatic heterocycles. The standard InChI is InChI=1S/C19H33NO/c1-4-5-7-13-18(17-11-8-6-9-12-17)20-16-19(2,3)14-10-15-21/h6,8-9,11-12,18,20-21H,4-5,7,10,13-16H2,1-3H3. The summed E-state index contributed by atoms with van der Waals surface area (Å²) in [6.07, 6.45) is 7.00. The minimum atomic E-state index is 0.237. The molecular formula is C19H33NO. The highest BCUT2D eigenvalue weighted by atomic mass is 16.2. The van der Waals surface area contributed by atoms with E-state index in [0.29, 0.717) is 12.6 Å². The van der Waals surface area contributed by atoms with Gasteiger partial charge in [-0.05, 0) is 30.2 Å². The maximum Gasteiger partial charge on any atom is 0.0431 e. The van der Waals surface area contributed by atoms with Gasteiger partial charge in [-0.15, -0.1) is 0 Å². The van der Waals surface area contributed by atoms with E-state index in [9.17, 15) is 0 Å². The van der Waals surface area contributed by atoms with Crippen LogP contribution in [0.25, 0.3) is 0 Å². The average molecular weight is 291 g/mol. The molecule has 0 bridgehead atoms. The van der Waals surface area contributed by atoms with Crippen molar-refractivity contribution in [2.24, 2.45) is 5.41 Å². The lowest BCUT2D eigenvalue weighted by atomic mass is 9.87. The molecule has 0 amide bonds. The first-order chi connectivity index (χ1) is 10.1. The van der Waals surface area contributed by atoms with Crippen LogP contribution in [0, 0.1) is 5.41 Å². The topological polar surface area (TPSA) is 32.3 Å². The van der Waals surface area contributed by atoms with Crippen molar-refractivity contribution in [1.29, 1.82) is 0 Å². The van der Waals surface area contributed by atoms with Crippen LogP contribution in [0.15, 0.2) is 30.3 Å². The van der Waals surface area contributed by atoms with E-state index < -0.39 is 0 Å². The van der Waals surface area contributed by atoms with E-state index in [1.807, 2.05) is 0 Å². The normalized spacial score (nSPS) is 13.3. The largest absolute Gasteiger partial charge is 0.396 e. The van der Waals surface area contributed by atoms with Crippen molar-refractivity contribution in [2.75, 3.05) is 13.2 Å². The molecule has 0 radical (unpaired) electrons. The first-order valence-electron chi connectivity index (χ1n) is 8.48. The molecule has 0 aliphatic rings. The second-order valence-electron chi connectivity index (χ2n) is 6.83. The summed E-state index contributed by atoms with van der Waals surface area (Å²) in [5, 5.41) is 12.8. The molecule has 120 valence electrons. The van der Waals surface area contributed by atoms with Gasteiger partial charge in [0.25, 0.3) is 0 Å². The lowest BCUT2D eigenvalue weighted by Gasteiger charge is -2.29. The van der Waals surface area contributed by atoms with Crippen molar-refractivity contribution in [1.82, 2.24) is 5.32 Å². The lowest BCUT2D eigenvalue weighted by Crippen LogP contribution is -2.32. The predicted molar refractivity (Wildman–Crippen MR) is 91.4 cm³/mol. The number of nitrogens with one attached hydrogen (secondary N) is 1. The number of rotatable bonds is 11. The van der Waals surface area contributed by atoms with E-state index >= 15 is 0 Å². The highest BCUT2D eigenvalue weighted by Crippen LogP contribution is 2.25. The SMILES string of the molecule is CCCCCC(NCC(C)(C)CCCO)c1ccccc1. The van der Waals surface area contributed by atoms with E-state index in [1.165, 1.54) is 31.2 Å². The van der Waals surface area contributed by atoms with Crippen LogP contribution in [0.2, 0.25) is 0 Å². The molecule has 2 nitrogen and oxygen atoms in total. The lowest BCUT2D eigenvalue weighted by molar-refractivity contribution is 0.230. The smallest absolute Gasteiger partial charge is 0.0431 e. The Kier molecular flexibility index (Phi) is 8.63. The van der Waals surface area contributed by atoms with Crippen LogP contribution >= 0.6 is 0 Å². The molecular weight excluding hydrogens is 258 g/mol. The fraction of sp³-hybridized carbons (Fsp3) is 0.684. The van der Waals surface area contributed by atoms with Crippen LogP contribution in [0.3, 0.4) is 0 Å². The summed E-state index contributed by atoms with van der Waals surface area (Å²) in [7, 11) is 0. The Hall–Kier alpha value is -0.860. The maximum atomic E-state index is 9.01. The van der Waals surface area contributed by atoms with Crippen molar-refractivity contribution in [2.45, 2.75) is 65.3 Å². The van der Waals surface area contributed by atoms with Gasteiger partial charge < -0.3 is 10.4 Å². The zero-order valence-electron chi connectivity index (χ0n) is 14.1. The van der Waals surface area contributed by atoms with Gasteiger partial charge >= 0.3 is 0 Å². The zero-order valence-corrected chi connectivity index (χ0v) is 14.1. The summed E-state index contributed by atoms with van der Waals surface area (Å²) in [6, 6.07) is 11.2. The third kappa shape index (κ3) is 7.63. The monoisotopic (exact) mass is 291 g/mol. The molecule has 0 saturated carbocycles. The highest BCUT2D eigenvalue weighted by molar-refractivity contribution is 5.18. The van der Waals surface area contributed by atoms with E-state index in [0.717, 1.165) is 19.4 Å². The van der Waals surface area contributed by atoms with E-state index in [1.54, 1.807) is 0 Å². The second-order valence-corrected chi connectivity index (χ2v) is 6.83. The van der Waals surface area contributed by atoms with Gasteiger partial charge in [-0.25, -0.2) is 0 Å². The summed E-state index contributed by atoms with van der Waals surface area (Å²) in [5.41, 5.74) is 1.63. The van der Waals surface area contributed by atoms with E-state index in [-0.39, 0.29) is 5.41 Å². The Morgan fingerprint density at radius 3 is 2.43 bits per heavy atom. The molecule has 2 N–H and O–H groups in total. The van der Waals surface area contributed by atoms with Gasteiger partial charge in [0.2, 0.25) is 0 Å². The molecule has 21 heavy (non-hydrogen) atoms. The minimum absolute atomic E-state index is 0.237. The molecule has 1 rings (SSSR count). The number of hydrogen-bond donors (Lipinski definition) is 2. The van der Waals surface area contributed by atoms with Crippen LogP contribution in [0.5, 0.6) is 0 Å². The van der Waals surface area contributed by atoms with Gasteiger partial charge in [0.05, 0.1) is 0 Å². The van der Waals surface area contributed by atoms with Crippen LogP contribution in [0.4, 0.5) is 0 Å². The molecule has 1 aromatic carbocycles. The molecule has 0 fully saturated rings. The summed E-state index contributed by atoms with van der Waals surface area (Å²) >= 11 is 0. The zero-order chi connectivity index (χ0) is 15.6. The Balaban J connectivity index is 2.56. The average Bonchev–Trinajstić information content (AvgIpc) is 2.49. The number of hydrogen-bond acceptors (Lipinski definition) is 2. The van der Waals surface area contributed by atoms with Crippen LogP contribution < -0.4 is 5.32 Å². The Bertz CT molecular complexity index is 361. The molecule has 0 heterocycles. The van der Waals surface area contributed by atoms with Crippen molar-refractivity contribution in [3.63, 3.8) is 0 Å². The number of aliphatic hydroxyl groups excluding tert-OH is 1. The summed E-state index contributed by atoms with van der Waals surface area (Å²) in [4.78, 5) is 0. The van der Waals surface area contributed by atoms with Crippen molar-refractivity contribution in [3.8, 4) is 0 Å². The van der Waals surface area contributed by atoms with Crippen LogP contribution in [-0.4, -0.2) is 18.3 Å². The molecule has 1 atom stereocenters. The van der Waals surface area contributed by atoms with Gasteiger partial charge in [0, 0.05) is 19.2 Å². The fourth-order valence-corrected chi connectivity index (χ4v) is 2.72. The van der Waals surface area contributed by atoms with Crippen LogP contribution in [0.1, 0.15) is 70.9 Å². The van der Waals surface area contributed by atoms with Gasteiger partial charge in [-0.3, -0.25) is 0 Å². The van der Waals surface area contributed by atoms with Crippen molar-refractivity contribution in [3.05, 3.63) is 35.9 Å². The van der Waals surface area contributed by atoms with Crippen molar-refractivity contribution < 1.29 is 5.11 Å². The van der Waals surface area contributed by atoms with E-state index in [2.05, 4.69) is 56.4 Å². The van der Waals surface area contributed by atoms with Gasteiger partial charge in [0.1, 0.15) is 0 Å². The molecule has 0 spiro atoms. The number of benzene rings is 1. The Morgan fingerprint density at radius 2 is 1.81 bits per heavy atom. The number of aliphatic hydroxyl groups is 1. The van der Waals surface area contributed by atoms with Crippen molar-refractivity contribution >= 4 is 0 Å². The highest BCUT2D eigenvalue weighted by Gasteiger charge is 2.19. The molecule has 0 aliphatic carbocycles. The molecule has 0 saturated heterocycles. The molecule has 2 heteroatoms. The molecule has 1 aromatic rings. The minimum Gasteiger partial charge on any atom is -0.396 e. The summed E-state index contributed by atoms with van der Waals surface area (Å²) in [6.45, 7) is 8.11. The van der Waals surface area contributed by atoms with Gasteiger partial charge in [0.15, 0.2) is 0 Å². The maximum absolute atomic E-state index is 9.01. The fourth-order valence-electron chi connectivity index (χ4n) is 2.72. The summed E-state index contributed by atoms with van der Waals surface area (Å²) < 4.78 is 0. The third-order valence-electron chi connectivity index (χ3n) is 4.14. The van der Waals surface area contributed by atoms with Gasteiger partial charge in [-0.1, -0.05) is 70.4 Å². The molecule has 0 aliphatic heterocycles. The quantitative estimate of drug-likeness (QED) is 0.579. The first-order valence-corrected chi connectivity index (χ1v) is 8.48. The van der Waals surface area contributed by atoms with E-state index in [4.69, 9.17) is 5.11 Å². The second kappa shape index (κ2) is 9.97. The number of unbranched alkanes of at least 4 members (excludes halogenated alkanes) is 2. The van der Waals surface area contributed by atoms with Gasteiger partial charge in [-0.2, -0.15) is 0 Å². The van der Waals surface area contributed by atoms with Crippen LogP contribution in [-0.2, 0) is 0 Å². The third-order valence-corrected chi connectivity index (χ3v) is 4.14. The predicted octanol–water partition coefficient (Wildman–Crippen LogP) is 4.70. The molecule has 1 unspecified atom stereocenters. The Labute approximate surface area is 131 Å². The summed E-state index contributed by atoms with van der Waals surface area (Å²) in [5.74, 6) is 0. The Morgan fingerprint density at radius 1 is 1.10 bits per heavy atom. The first kappa shape index (κ1) is 18.2.